The molecule has 0 aliphatic carbocycles. The van der Waals surface area contributed by atoms with Crippen LogP contribution >= 0.6 is 23.2 Å². The van der Waals surface area contributed by atoms with E-state index in [1.54, 1.807) is 18.2 Å². The molecule has 1 aromatic heterocycles. The topological polar surface area (TPSA) is 28.7 Å². The highest BCUT2D eigenvalue weighted by molar-refractivity contribution is 6.35. The van der Waals surface area contributed by atoms with E-state index in [9.17, 15) is 8.78 Å². The Labute approximate surface area is 117 Å². The number of nitrogens with one attached hydrogen (secondary N) is 1. The van der Waals surface area contributed by atoms with Gasteiger partial charge in [0.05, 0.1) is 5.52 Å². The summed E-state index contributed by atoms with van der Waals surface area (Å²) in [6.07, 6.45) is 0. The average molecular weight is 299 g/mol. The molecule has 6 heteroatoms. The summed E-state index contributed by atoms with van der Waals surface area (Å²) in [5, 5.41) is 0.879. The van der Waals surface area contributed by atoms with E-state index in [-0.39, 0.29) is 5.52 Å². The van der Waals surface area contributed by atoms with Crippen LogP contribution in [-0.4, -0.2) is 9.97 Å². The smallest absolute Gasteiger partial charge is 0.186 e. The summed E-state index contributed by atoms with van der Waals surface area (Å²) in [5.41, 5.74) is 0.963. The van der Waals surface area contributed by atoms with Gasteiger partial charge in [-0.3, -0.25) is 0 Å². The Morgan fingerprint density at radius 3 is 2.37 bits per heavy atom. The number of fused-ring (bicyclic) bond motifs is 1. The highest BCUT2D eigenvalue weighted by Crippen LogP contribution is 2.28. The van der Waals surface area contributed by atoms with Gasteiger partial charge in [-0.1, -0.05) is 23.2 Å². The molecule has 1 N–H and O–H groups in total. The van der Waals surface area contributed by atoms with E-state index in [2.05, 4.69) is 9.97 Å². The van der Waals surface area contributed by atoms with Crippen molar-refractivity contribution in [3.63, 3.8) is 0 Å². The fourth-order valence-electron chi connectivity index (χ4n) is 1.84. The molecule has 19 heavy (non-hydrogen) atoms. The first-order valence-electron chi connectivity index (χ1n) is 5.35. The lowest BCUT2D eigenvalue weighted by atomic mass is 10.2. The molecule has 0 unspecified atom stereocenters. The molecular weight excluding hydrogens is 293 g/mol. The zero-order valence-electron chi connectivity index (χ0n) is 9.35. The molecule has 0 radical (unpaired) electrons. The number of hydrogen-bond donors (Lipinski definition) is 1. The monoisotopic (exact) mass is 298 g/mol. The molecule has 1 heterocycles. The number of hydrogen-bond acceptors (Lipinski definition) is 1. The minimum atomic E-state index is -0.979. The van der Waals surface area contributed by atoms with Gasteiger partial charge < -0.3 is 4.98 Å². The molecule has 2 nitrogen and oxygen atoms in total. The molecule has 0 saturated carbocycles. The van der Waals surface area contributed by atoms with Crippen molar-refractivity contribution in [2.45, 2.75) is 0 Å². The number of halogens is 4. The number of imidazole rings is 1. The van der Waals surface area contributed by atoms with E-state index in [1.807, 2.05) is 0 Å². The number of aromatic nitrogens is 2. The second-order valence-corrected chi connectivity index (χ2v) is 4.87. The summed E-state index contributed by atoms with van der Waals surface area (Å²) in [5.74, 6) is -1.54. The first kappa shape index (κ1) is 12.4. The van der Waals surface area contributed by atoms with Crippen molar-refractivity contribution >= 4 is 34.2 Å². The summed E-state index contributed by atoms with van der Waals surface area (Å²) in [4.78, 5) is 6.94. The van der Waals surface area contributed by atoms with Crippen LogP contribution in [0.2, 0.25) is 10.0 Å². The predicted molar refractivity (Wildman–Crippen MR) is 71.5 cm³/mol. The Morgan fingerprint density at radius 1 is 1.00 bits per heavy atom. The lowest BCUT2D eigenvalue weighted by Crippen LogP contribution is -1.84. The largest absolute Gasteiger partial charge is 0.338 e. The summed E-state index contributed by atoms with van der Waals surface area (Å²) in [6, 6.07) is 7.33. The molecule has 0 bridgehead atoms. The minimum Gasteiger partial charge on any atom is -0.338 e. The van der Waals surface area contributed by atoms with Crippen molar-refractivity contribution in [3.05, 3.63) is 52.0 Å². The predicted octanol–water partition coefficient (Wildman–Crippen LogP) is 4.81. The maximum atomic E-state index is 13.6. The van der Waals surface area contributed by atoms with Crippen molar-refractivity contribution in [2.75, 3.05) is 0 Å². The number of rotatable bonds is 1. The normalized spacial score (nSPS) is 11.2. The molecule has 0 atom stereocenters. The minimum absolute atomic E-state index is 0.0499. The second kappa shape index (κ2) is 4.47. The maximum absolute atomic E-state index is 13.6. The Morgan fingerprint density at radius 2 is 1.68 bits per heavy atom. The van der Waals surface area contributed by atoms with Crippen molar-refractivity contribution in [2.24, 2.45) is 0 Å². The SMILES string of the molecule is Fc1ccc2[nH]c(-c3cc(Cl)cc(Cl)c3)nc2c1F. The molecule has 3 aromatic rings. The Hall–Kier alpha value is -1.65. The molecule has 0 spiro atoms. The van der Waals surface area contributed by atoms with E-state index < -0.39 is 11.6 Å². The van der Waals surface area contributed by atoms with Crippen LogP contribution < -0.4 is 0 Å². The fourth-order valence-corrected chi connectivity index (χ4v) is 2.37. The van der Waals surface area contributed by atoms with Gasteiger partial charge in [0.25, 0.3) is 0 Å². The zero-order valence-corrected chi connectivity index (χ0v) is 10.9. The van der Waals surface area contributed by atoms with Crippen LogP contribution in [0.15, 0.2) is 30.3 Å². The van der Waals surface area contributed by atoms with Crippen LogP contribution in [0.25, 0.3) is 22.4 Å². The quantitative estimate of drug-likeness (QED) is 0.686. The number of benzene rings is 2. The van der Waals surface area contributed by atoms with Crippen LogP contribution in [-0.2, 0) is 0 Å². The van der Waals surface area contributed by atoms with Gasteiger partial charge in [0.2, 0.25) is 0 Å². The van der Waals surface area contributed by atoms with Crippen molar-refractivity contribution in [3.8, 4) is 11.4 Å². The Balaban J connectivity index is 2.23. The lowest BCUT2D eigenvalue weighted by Gasteiger charge is -1.98. The van der Waals surface area contributed by atoms with Crippen molar-refractivity contribution in [1.29, 1.82) is 0 Å². The highest BCUT2D eigenvalue weighted by atomic mass is 35.5. The first-order valence-corrected chi connectivity index (χ1v) is 6.10. The number of aromatic amines is 1. The molecule has 0 aliphatic rings. The molecular formula is C13H6Cl2F2N2. The summed E-state index contributed by atoms with van der Waals surface area (Å²) in [7, 11) is 0. The third-order valence-electron chi connectivity index (χ3n) is 2.68. The lowest BCUT2D eigenvalue weighted by molar-refractivity contribution is 0.515. The molecule has 2 aromatic carbocycles. The molecule has 0 saturated heterocycles. The summed E-state index contributed by atoms with van der Waals surface area (Å²) >= 11 is 11.8. The van der Waals surface area contributed by atoms with Gasteiger partial charge in [0, 0.05) is 15.6 Å². The third kappa shape index (κ3) is 2.17. The summed E-state index contributed by atoms with van der Waals surface area (Å²) in [6.45, 7) is 0. The van der Waals surface area contributed by atoms with Gasteiger partial charge in [-0.05, 0) is 30.3 Å². The van der Waals surface area contributed by atoms with Crippen LogP contribution in [0, 0.1) is 11.6 Å². The van der Waals surface area contributed by atoms with E-state index >= 15 is 0 Å². The Bertz CT molecular complexity index is 763. The van der Waals surface area contributed by atoms with Gasteiger partial charge in [0.15, 0.2) is 11.6 Å². The highest BCUT2D eigenvalue weighted by Gasteiger charge is 2.13. The average Bonchev–Trinajstić information content (AvgIpc) is 2.77. The van der Waals surface area contributed by atoms with Gasteiger partial charge in [-0.2, -0.15) is 0 Å². The second-order valence-electron chi connectivity index (χ2n) is 4.00. The van der Waals surface area contributed by atoms with Crippen molar-refractivity contribution in [1.82, 2.24) is 9.97 Å². The molecule has 0 fully saturated rings. The van der Waals surface area contributed by atoms with E-state index in [0.717, 1.165) is 6.07 Å². The number of H-pyrrole nitrogens is 1. The zero-order chi connectivity index (χ0) is 13.6. The Kier molecular flexibility index (Phi) is 2.92. The molecule has 96 valence electrons. The van der Waals surface area contributed by atoms with E-state index in [0.29, 0.717) is 26.9 Å². The van der Waals surface area contributed by atoms with Gasteiger partial charge in [-0.25, -0.2) is 13.8 Å². The molecule has 0 aliphatic heterocycles. The van der Waals surface area contributed by atoms with Crippen LogP contribution in [0.5, 0.6) is 0 Å². The maximum Gasteiger partial charge on any atom is 0.186 e. The standard InChI is InChI=1S/C13H6Cl2F2N2/c14-7-3-6(4-8(15)5-7)13-18-10-2-1-9(16)11(17)12(10)19-13/h1-5H,(H,18,19). The molecule has 3 rings (SSSR count). The van der Waals surface area contributed by atoms with Crippen LogP contribution in [0.1, 0.15) is 0 Å². The van der Waals surface area contributed by atoms with Crippen molar-refractivity contribution < 1.29 is 8.78 Å². The third-order valence-corrected chi connectivity index (χ3v) is 3.12. The molecule has 0 amide bonds. The van der Waals surface area contributed by atoms with Gasteiger partial charge in [-0.15, -0.1) is 0 Å². The summed E-state index contributed by atoms with van der Waals surface area (Å²) < 4.78 is 26.7. The van der Waals surface area contributed by atoms with Crippen LogP contribution in [0.3, 0.4) is 0 Å². The first-order chi connectivity index (χ1) is 9.04. The fraction of sp³-hybridized carbons (Fsp3) is 0. The van der Waals surface area contributed by atoms with Crippen LogP contribution in [0.4, 0.5) is 8.78 Å². The van der Waals surface area contributed by atoms with E-state index in [4.69, 9.17) is 23.2 Å². The van der Waals surface area contributed by atoms with Gasteiger partial charge >= 0.3 is 0 Å². The number of nitrogens with zero attached hydrogens (tertiary/aromatic N) is 1. The van der Waals surface area contributed by atoms with Gasteiger partial charge in [0.1, 0.15) is 11.3 Å². The van der Waals surface area contributed by atoms with E-state index in [1.165, 1.54) is 6.07 Å².